The van der Waals surface area contributed by atoms with Crippen molar-refractivity contribution in [3.8, 4) is 0 Å². The molecule has 2 atom stereocenters. The Balaban J connectivity index is 3.38. The van der Waals surface area contributed by atoms with Crippen molar-refractivity contribution in [2.45, 2.75) is 411 Å². The maximum Gasteiger partial charge on any atom is 0.220 e. The molecule has 0 aliphatic rings. The predicted octanol–water partition coefficient (Wildman–Crippen LogP) is 23.4. The summed E-state index contributed by atoms with van der Waals surface area (Å²) in [5.74, 6) is -0.0218. The van der Waals surface area contributed by atoms with Gasteiger partial charge in [0.25, 0.3) is 0 Å². The number of unbranched alkanes of at least 4 members (excludes halogenated alkanes) is 54. The van der Waals surface area contributed by atoms with E-state index in [1.165, 1.54) is 340 Å². The highest BCUT2D eigenvalue weighted by molar-refractivity contribution is 5.76. The van der Waals surface area contributed by atoms with E-state index in [2.05, 4.69) is 43.5 Å². The summed E-state index contributed by atoms with van der Waals surface area (Å²) < 4.78 is 0. The molecular weight excluding hydrogens is 903 g/mol. The fourth-order valence-electron chi connectivity index (χ4n) is 11.2. The lowest BCUT2D eigenvalue weighted by molar-refractivity contribution is -0.123. The van der Waals surface area contributed by atoms with Crippen LogP contribution in [0.25, 0.3) is 0 Å². The van der Waals surface area contributed by atoms with Crippen LogP contribution in [0.1, 0.15) is 399 Å². The zero-order valence-electron chi connectivity index (χ0n) is 50.9. The van der Waals surface area contributed by atoms with E-state index in [0.717, 1.165) is 32.1 Å². The molecule has 3 N–H and O–H groups in total. The standard InChI is InChI=1S/C70H137NO3/c1-3-5-7-9-11-13-15-17-19-21-23-25-27-29-31-33-34-35-36-38-40-42-44-46-48-50-52-54-56-58-60-62-64-66-70(74)71-68(67-72)69(73)65-63-61-59-57-55-53-51-49-47-45-43-41-39-37-32-30-28-26-24-22-20-18-16-14-12-10-8-6-4-2/h15,17,21,23,68-69,72-73H,3-14,16,18-20,22,24-67H2,1-2H3,(H,71,74)/b17-15-,23-21-. The average molecular weight is 1040 g/mol. The van der Waals surface area contributed by atoms with Gasteiger partial charge < -0.3 is 15.5 Å². The van der Waals surface area contributed by atoms with Gasteiger partial charge >= 0.3 is 0 Å². The second-order valence-electron chi connectivity index (χ2n) is 24.0. The molecular formula is C70H137NO3. The zero-order chi connectivity index (χ0) is 53.4. The second-order valence-corrected chi connectivity index (χ2v) is 24.0. The first kappa shape index (κ1) is 72.9. The first-order valence-electron chi connectivity index (χ1n) is 34.5. The van der Waals surface area contributed by atoms with Crippen molar-refractivity contribution in [3.63, 3.8) is 0 Å². The molecule has 440 valence electrons. The number of rotatable bonds is 65. The summed E-state index contributed by atoms with van der Waals surface area (Å²) in [7, 11) is 0. The summed E-state index contributed by atoms with van der Waals surface area (Å²) in [5, 5.41) is 23.5. The molecule has 1 amide bonds. The van der Waals surface area contributed by atoms with Crippen LogP contribution in [0.2, 0.25) is 0 Å². The monoisotopic (exact) mass is 1040 g/mol. The smallest absolute Gasteiger partial charge is 0.220 e. The molecule has 74 heavy (non-hydrogen) atoms. The van der Waals surface area contributed by atoms with Gasteiger partial charge in [-0.25, -0.2) is 0 Å². The Labute approximate surface area is 466 Å². The minimum Gasteiger partial charge on any atom is -0.394 e. The molecule has 0 aromatic carbocycles. The Hall–Kier alpha value is -1.13. The number of aliphatic hydroxyl groups is 2. The van der Waals surface area contributed by atoms with Gasteiger partial charge in [-0.3, -0.25) is 4.79 Å². The molecule has 0 heterocycles. The first-order chi connectivity index (χ1) is 36.7. The molecule has 0 bridgehead atoms. The fourth-order valence-corrected chi connectivity index (χ4v) is 11.2. The molecule has 0 aromatic heterocycles. The Bertz CT molecular complexity index is 1090. The van der Waals surface area contributed by atoms with Crippen LogP contribution in [0.3, 0.4) is 0 Å². The fraction of sp³-hybridized carbons (Fsp3) is 0.929. The molecule has 0 saturated carbocycles. The van der Waals surface area contributed by atoms with Crippen molar-refractivity contribution in [1.82, 2.24) is 5.32 Å². The molecule has 0 radical (unpaired) electrons. The van der Waals surface area contributed by atoms with Gasteiger partial charge in [0.1, 0.15) is 0 Å². The summed E-state index contributed by atoms with van der Waals surface area (Å²) in [6.07, 6.45) is 89.5. The van der Waals surface area contributed by atoms with E-state index < -0.39 is 12.1 Å². The van der Waals surface area contributed by atoms with Crippen LogP contribution in [-0.4, -0.2) is 34.9 Å². The van der Waals surface area contributed by atoms with Crippen LogP contribution in [0, 0.1) is 0 Å². The van der Waals surface area contributed by atoms with Crippen molar-refractivity contribution in [1.29, 1.82) is 0 Å². The summed E-state index contributed by atoms with van der Waals surface area (Å²) in [4.78, 5) is 12.6. The normalized spacial score (nSPS) is 12.8. The first-order valence-corrected chi connectivity index (χ1v) is 34.5. The number of allylic oxidation sites excluding steroid dienone is 4. The summed E-state index contributed by atoms with van der Waals surface area (Å²) in [5.41, 5.74) is 0. The molecule has 0 aliphatic heterocycles. The number of carbonyl (C=O) groups is 1. The lowest BCUT2D eigenvalue weighted by atomic mass is 10.0. The van der Waals surface area contributed by atoms with Crippen LogP contribution in [0.4, 0.5) is 0 Å². The highest BCUT2D eigenvalue weighted by atomic mass is 16.3. The minimum atomic E-state index is -0.659. The molecule has 0 aromatic rings. The van der Waals surface area contributed by atoms with Gasteiger partial charge in [-0.15, -0.1) is 0 Å². The van der Waals surface area contributed by atoms with Crippen molar-refractivity contribution >= 4 is 5.91 Å². The van der Waals surface area contributed by atoms with E-state index in [9.17, 15) is 15.0 Å². The minimum absolute atomic E-state index is 0.0218. The predicted molar refractivity (Wildman–Crippen MR) is 332 cm³/mol. The summed E-state index contributed by atoms with van der Waals surface area (Å²) in [6.45, 7) is 4.40. The lowest BCUT2D eigenvalue weighted by Crippen LogP contribution is -2.45. The van der Waals surface area contributed by atoms with E-state index in [0.29, 0.717) is 12.8 Å². The largest absolute Gasteiger partial charge is 0.394 e. The molecule has 4 nitrogen and oxygen atoms in total. The quantitative estimate of drug-likeness (QED) is 0.0420. The Morgan fingerprint density at radius 2 is 0.554 bits per heavy atom. The maximum atomic E-state index is 12.6. The van der Waals surface area contributed by atoms with Crippen LogP contribution in [-0.2, 0) is 4.79 Å². The number of amides is 1. The van der Waals surface area contributed by atoms with Crippen molar-refractivity contribution in [2.75, 3.05) is 6.61 Å². The number of nitrogens with one attached hydrogen (secondary N) is 1. The average Bonchev–Trinajstić information content (AvgIpc) is 3.40. The van der Waals surface area contributed by atoms with E-state index in [1.54, 1.807) is 0 Å². The van der Waals surface area contributed by atoms with Crippen LogP contribution < -0.4 is 5.32 Å². The van der Waals surface area contributed by atoms with E-state index in [-0.39, 0.29) is 12.5 Å². The van der Waals surface area contributed by atoms with Crippen LogP contribution >= 0.6 is 0 Å². The highest BCUT2D eigenvalue weighted by Gasteiger charge is 2.20. The van der Waals surface area contributed by atoms with E-state index in [4.69, 9.17) is 0 Å². The van der Waals surface area contributed by atoms with Crippen LogP contribution in [0.5, 0.6) is 0 Å². The van der Waals surface area contributed by atoms with E-state index >= 15 is 0 Å². The molecule has 0 saturated heterocycles. The third-order valence-electron chi connectivity index (χ3n) is 16.5. The Morgan fingerprint density at radius 1 is 0.324 bits per heavy atom. The third-order valence-corrected chi connectivity index (χ3v) is 16.5. The topological polar surface area (TPSA) is 69.6 Å². The van der Waals surface area contributed by atoms with Gasteiger partial charge in [-0.05, 0) is 44.9 Å². The third kappa shape index (κ3) is 61.7. The van der Waals surface area contributed by atoms with Gasteiger partial charge in [0.2, 0.25) is 5.91 Å². The molecule has 2 unspecified atom stereocenters. The van der Waals surface area contributed by atoms with Gasteiger partial charge in [0, 0.05) is 6.42 Å². The summed E-state index contributed by atoms with van der Waals surface area (Å²) >= 11 is 0. The number of hydrogen-bond acceptors (Lipinski definition) is 3. The van der Waals surface area contributed by atoms with Gasteiger partial charge in [-0.2, -0.15) is 0 Å². The molecule has 4 heteroatoms. The molecule has 0 fully saturated rings. The molecule has 0 aliphatic carbocycles. The molecule has 0 spiro atoms. The maximum absolute atomic E-state index is 12.6. The number of carbonyl (C=O) groups excluding carboxylic acids is 1. The Kier molecular flexibility index (Phi) is 65.1. The Morgan fingerprint density at radius 3 is 0.811 bits per heavy atom. The van der Waals surface area contributed by atoms with Crippen LogP contribution in [0.15, 0.2) is 24.3 Å². The van der Waals surface area contributed by atoms with Gasteiger partial charge in [-0.1, -0.05) is 372 Å². The van der Waals surface area contributed by atoms with Crippen molar-refractivity contribution < 1.29 is 15.0 Å². The zero-order valence-corrected chi connectivity index (χ0v) is 50.9. The van der Waals surface area contributed by atoms with Gasteiger partial charge in [0.05, 0.1) is 18.8 Å². The number of hydrogen-bond donors (Lipinski definition) is 3. The van der Waals surface area contributed by atoms with Crippen molar-refractivity contribution in [3.05, 3.63) is 24.3 Å². The summed E-state index contributed by atoms with van der Waals surface area (Å²) in [6, 6.07) is -0.535. The van der Waals surface area contributed by atoms with E-state index in [1.807, 2.05) is 0 Å². The van der Waals surface area contributed by atoms with Crippen molar-refractivity contribution in [2.24, 2.45) is 0 Å². The SMILES string of the molecule is CCCCCCC/C=C\C/C=C\CCCCCCCCCCCCCCCCCCCCCCCC(=O)NC(CO)C(O)CCCCCCCCCCCCCCCCCCCCCCCCCCCCCCC. The molecule has 0 rings (SSSR count). The second kappa shape index (κ2) is 66.2. The number of aliphatic hydroxyl groups excluding tert-OH is 2. The highest BCUT2D eigenvalue weighted by Crippen LogP contribution is 2.19. The lowest BCUT2D eigenvalue weighted by Gasteiger charge is -2.22. The van der Waals surface area contributed by atoms with Gasteiger partial charge in [0.15, 0.2) is 0 Å².